The highest BCUT2D eigenvalue weighted by molar-refractivity contribution is 5.95. The maximum atomic E-state index is 14.5. The van der Waals surface area contributed by atoms with Gasteiger partial charge < -0.3 is 10.4 Å². The highest BCUT2D eigenvalue weighted by atomic mass is 19.1. The molecule has 0 fully saturated rings. The average Bonchev–Trinajstić information content (AvgIpc) is 2.74. The second-order valence-electron chi connectivity index (χ2n) is 6.80. The molecule has 2 aromatic carbocycles. The molecule has 0 spiro atoms. The minimum Gasteiger partial charge on any atom is -0.478 e. The third-order valence-electron chi connectivity index (χ3n) is 4.87. The SMILES string of the molecule is CNc1nc(-c2cc(C(=O)O)ccc2C)c2ccc(=O)n(-c3c(F)cccc3F)c2n1. The first kappa shape index (κ1) is 20.1. The van der Waals surface area contributed by atoms with Gasteiger partial charge in [-0.25, -0.2) is 18.6 Å². The van der Waals surface area contributed by atoms with Gasteiger partial charge in [0, 0.05) is 24.1 Å². The fourth-order valence-corrected chi connectivity index (χ4v) is 3.36. The summed E-state index contributed by atoms with van der Waals surface area (Å²) in [5, 5.41) is 12.5. The molecule has 0 bridgehead atoms. The predicted octanol–water partition coefficient (Wildman–Crippen LogP) is 3.77. The molecule has 2 heterocycles. The van der Waals surface area contributed by atoms with Gasteiger partial charge in [-0.05, 0) is 42.8 Å². The van der Waals surface area contributed by atoms with Crippen LogP contribution in [0.2, 0.25) is 0 Å². The van der Waals surface area contributed by atoms with Crippen LogP contribution >= 0.6 is 0 Å². The lowest BCUT2D eigenvalue weighted by Gasteiger charge is -2.15. The number of fused-ring (bicyclic) bond motifs is 1. The van der Waals surface area contributed by atoms with E-state index in [1.165, 1.54) is 24.3 Å². The Kier molecular flexibility index (Phi) is 4.94. The minimum absolute atomic E-state index is 0.0222. The monoisotopic (exact) mass is 422 g/mol. The maximum Gasteiger partial charge on any atom is 0.335 e. The number of carboxylic acid groups (broad SMARTS) is 1. The third kappa shape index (κ3) is 3.39. The number of rotatable bonds is 4. The van der Waals surface area contributed by atoms with Crippen LogP contribution in [0.1, 0.15) is 15.9 Å². The van der Waals surface area contributed by atoms with Crippen molar-refractivity contribution < 1.29 is 18.7 Å². The number of nitrogens with one attached hydrogen (secondary N) is 1. The van der Waals surface area contributed by atoms with Gasteiger partial charge >= 0.3 is 5.97 Å². The highest BCUT2D eigenvalue weighted by Crippen LogP contribution is 2.31. The van der Waals surface area contributed by atoms with Gasteiger partial charge in [0.2, 0.25) is 5.95 Å². The van der Waals surface area contributed by atoms with E-state index in [0.717, 1.165) is 28.3 Å². The van der Waals surface area contributed by atoms with Crippen molar-refractivity contribution in [3.8, 4) is 16.9 Å². The standard InChI is InChI=1S/C22H16F2N4O3/c1-11-6-7-12(21(30)31)10-14(11)18-13-8-9-17(29)28(20(13)27-22(25-2)26-18)19-15(23)4-3-5-16(19)24/h3-10H,1-2H3,(H,30,31)(H,25,26,27). The molecule has 4 rings (SSSR count). The first-order chi connectivity index (χ1) is 14.8. The van der Waals surface area contributed by atoms with Crippen molar-refractivity contribution in [2.75, 3.05) is 12.4 Å². The van der Waals surface area contributed by atoms with Gasteiger partial charge in [0.1, 0.15) is 17.3 Å². The summed E-state index contributed by atoms with van der Waals surface area (Å²) in [4.78, 5) is 32.9. The number of aryl methyl sites for hydroxylation is 1. The van der Waals surface area contributed by atoms with Crippen LogP contribution in [0.4, 0.5) is 14.7 Å². The highest BCUT2D eigenvalue weighted by Gasteiger charge is 2.20. The molecule has 7 nitrogen and oxygen atoms in total. The van der Waals surface area contributed by atoms with Crippen LogP contribution in [0.25, 0.3) is 28.0 Å². The van der Waals surface area contributed by atoms with Gasteiger partial charge in [0.05, 0.1) is 11.3 Å². The largest absolute Gasteiger partial charge is 0.478 e. The summed E-state index contributed by atoms with van der Waals surface area (Å²) in [5.74, 6) is -2.87. The summed E-state index contributed by atoms with van der Waals surface area (Å²) in [6.07, 6.45) is 0. The van der Waals surface area contributed by atoms with E-state index in [4.69, 9.17) is 0 Å². The number of carbonyl (C=O) groups is 1. The van der Waals surface area contributed by atoms with Crippen LogP contribution in [0.3, 0.4) is 0 Å². The molecule has 2 aromatic heterocycles. The predicted molar refractivity (Wildman–Crippen MR) is 112 cm³/mol. The zero-order valence-corrected chi connectivity index (χ0v) is 16.5. The fraction of sp³-hybridized carbons (Fsp3) is 0.0909. The molecule has 0 aliphatic rings. The number of hydrogen-bond donors (Lipinski definition) is 2. The zero-order valence-electron chi connectivity index (χ0n) is 16.5. The number of aromatic nitrogens is 3. The van der Waals surface area contributed by atoms with Crippen molar-refractivity contribution in [2.24, 2.45) is 0 Å². The van der Waals surface area contributed by atoms with Crippen molar-refractivity contribution in [1.29, 1.82) is 0 Å². The Hall–Kier alpha value is -4.14. The van der Waals surface area contributed by atoms with E-state index in [0.29, 0.717) is 16.6 Å². The smallest absolute Gasteiger partial charge is 0.335 e. The molecule has 9 heteroatoms. The maximum absolute atomic E-state index is 14.5. The number of hydrogen-bond acceptors (Lipinski definition) is 5. The molecular formula is C22H16F2N4O3. The Labute approximate surface area is 174 Å². The van der Waals surface area contributed by atoms with Crippen LogP contribution in [-0.4, -0.2) is 32.7 Å². The van der Waals surface area contributed by atoms with E-state index in [-0.39, 0.29) is 17.2 Å². The lowest BCUT2D eigenvalue weighted by Crippen LogP contribution is -2.21. The van der Waals surface area contributed by atoms with Crippen LogP contribution in [-0.2, 0) is 0 Å². The van der Waals surface area contributed by atoms with E-state index < -0.39 is 28.9 Å². The fourth-order valence-electron chi connectivity index (χ4n) is 3.36. The second kappa shape index (κ2) is 7.60. The topological polar surface area (TPSA) is 97.1 Å². The number of halogens is 2. The summed E-state index contributed by atoms with van der Waals surface area (Å²) in [5.41, 5.74) is 0.322. The lowest BCUT2D eigenvalue weighted by atomic mass is 10.00. The summed E-state index contributed by atoms with van der Waals surface area (Å²) in [6, 6.07) is 10.5. The number of aromatic carboxylic acids is 1. The molecule has 4 aromatic rings. The molecule has 0 radical (unpaired) electrons. The Morgan fingerprint density at radius 3 is 2.42 bits per heavy atom. The molecule has 2 N–H and O–H groups in total. The van der Waals surface area contributed by atoms with Crippen molar-refractivity contribution >= 4 is 23.0 Å². The second-order valence-corrected chi connectivity index (χ2v) is 6.80. The van der Waals surface area contributed by atoms with E-state index >= 15 is 0 Å². The number of nitrogens with zero attached hydrogens (tertiary/aromatic N) is 3. The molecular weight excluding hydrogens is 406 g/mol. The van der Waals surface area contributed by atoms with Crippen molar-refractivity contribution in [3.63, 3.8) is 0 Å². The average molecular weight is 422 g/mol. The van der Waals surface area contributed by atoms with Crippen molar-refractivity contribution in [2.45, 2.75) is 6.92 Å². The first-order valence-electron chi connectivity index (χ1n) is 9.22. The van der Waals surface area contributed by atoms with Crippen LogP contribution in [0, 0.1) is 18.6 Å². The zero-order chi connectivity index (χ0) is 22.3. The van der Waals surface area contributed by atoms with Gasteiger partial charge in [0.15, 0.2) is 5.65 Å². The summed E-state index contributed by atoms with van der Waals surface area (Å²) in [6.45, 7) is 1.78. The lowest BCUT2D eigenvalue weighted by molar-refractivity contribution is 0.0697. The number of para-hydroxylation sites is 1. The molecule has 156 valence electrons. The third-order valence-corrected chi connectivity index (χ3v) is 4.87. The Balaban J connectivity index is 2.15. The van der Waals surface area contributed by atoms with Crippen LogP contribution in [0.5, 0.6) is 0 Å². The number of benzene rings is 2. The Morgan fingerprint density at radius 2 is 1.77 bits per heavy atom. The minimum atomic E-state index is -1.11. The van der Waals surface area contributed by atoms with Crippen LogP contribution < -0.4 is 10.9 Å². The molecule has 31 heavy (non-hydrogen) atoms. The van der Waals surface area contributed by atoms with Crippen molar-refractivity contribution in [3.05, 3.63) is 81.6 Å². The molecule has 0 saturated heterocycles. The normalized spacial score (nSPS) is 11.0. The summed E-state index contributed by atoms with van der Waals surface area (Å²) >= 11 is 0. The van der Waals surface area contributed by atoms with Gasteiger partial charge in [-0.15, -0.1) is 0 Å². The van der Waals surface area contributed by atoms with Crippen molar-refractivity contribution in [1.82, 2.24) is 14.5 Å². The van der Waals surface area contributed by atoms with Gasteiger partial charge in [0.25, 0.3) is 5.56 Å². The van der Waals surface area contributed by atoms with E-state index in [2.05, 4.69) is 15.3 Å². The Morgan fingerprint density at radius 1 is 1.06 bits per heavy atom. The molecule has 0 unspecified atom stereocenters. The molecule has 0 atom stereocenters. The molecule has 0 aliphatic carbocycles. The summed E-state index contributed by atoms with van der Waals surface area (Å²) in [7, 11) is 1.56. The molecule has 0 amide bonds. The number of pyridine rings is 1. The first-order valence-corrected chi connectivity index (χ1v) is 9.22. The number of anilines is 1. The van der Waals surface area contributed by atoms with Crippen LogP contribution in [0.15, 0.2) is 53.3 Å². The van der Waals surface area contributed by atoms with E-state index in [1.807, 2.05) is 0 Å². The van der Waals surface area contributed by atoms with E-state index in [1.54, 1.807) is 20.0 Å². The van der Waals surface area contributed by atoms with Gasteiger partial charge in [-0.1, -0.05) is 12.1 Å². The Bertz CT molecular complexity index is 1400. The molecule has 0 aliphatic heterocycles. The quantitative estimate of drug-likeness (QED) is 0.520. The molecule has 0 saturated carbocycles. The van der Waals surface area contributed by atoms with Gasteiger partial charge in [-0.2, -0.15) is 4.98 Å². The van der Waals surface area contributed by atoms with Gasteiger partial charge in [-0.3, -0.25) is 9.36 Å². The number of carboxylic acids is 1. The van der Waals surface area contributed by atoms with E-state index in [9.17, 15) is 23.5 Å². The summed E-state index contributed by atoms with van der Waals surface area (Å²) < 4.78 is 29.9.